The van der Waals surface area contributed by atoms with E-state index in [0.29, 0.717) is 26.9 Å². The van der Waals surface area contributed by atoms with E-state index < -0.39 is 17.6 Å². The number of hydrogen-bond acceptors (Lipinski definition) is 4. The number of ether oxygens (including phenoxy) is 1. The van der Waals surface area contributed by atoms with Gasteiger partial charge in [0.1, 0.15) is 18.2 Å². The van der Waals surface area contributed by atoms with Gasteiger partial charge in [0, 0.05) is 21.3 Å². The van der Waals surface area contributed by atoms with Crippen LogP contribution in [0.5, 0.6) is 5.75 Å². The molecular formula is C22H15Cl3FN3O3. The third-order valence-electron chi connectivity index (χ3n) is 4.07. The summed E-state index contributed by atoms with van der Waals surface area (Å²) in [5.41, 5.74) is 3.55. The largest absolute Gasteiger partial charge is 0.489 e. The molecule has 10 heteroatoms. The first-order valence-electron chi connectivity index (χ1n) is 9.08. The Kier molecular flexibility index (Phi) is 8.05. The molecule has 0 fully saturated rings. The lowest BCUT2D eigenvalue weighted by atomic mass is 10.2. The summed E-state index contributed by atoms with van der Waals surface area (Å²) in [5, 5.41) is 6.86. The number of rotatable bonds is 6. The molecule has 2 N–H and O–H groups in total. The van der Waals surface area contributed by atoms with E-state index in [1.807, 2.05) is 0 Å². The second kappa shape index (κ2) is 10.9. The second-order valence-electron chi connectivity index (χ2n) is 6.34. The molecule has 0 radical (unpaired) electrons. The van der Waals surface area contributed by atoms with Gasteiger partial charge in [0.25, 0.3) is 0 Å². The van der Waals surface area contributed by atoms with E-state index in [1.54, 1.807) is 42.5 Å². The maximum absolute atomic E-state index is 13.2. The minimum atomic E-state index is -1.01. The van der Waals surface area contributed by atoms with E-state index in [4.69, 9.17) is 39.5 Å². The Morgan fingerprint density at radius 2 is 1.66 bits per heavy atom. The van der Waals surface area contributed by atoms with Gasteiger partial charge in [-0.25, -0.2) is 9.82 Å². The van der Waals surface area contributed by atoms with Crippen LogP contribution in [0, 0.1) is 5.82 Å². The van der Waals surface area contributed by atoms with Gasteiger partial charge in [0.15, 0.2) is 0 Å². The summed E-state index contributed by atoms with van der Waals surface area (Å²) in [5.74, 6) is -2.11. The van der Waals surface area contributed by atoms with Gasteiger partial charge >= 0.3 is 11.8 Å². The highest BCUT2D eigenvalue weighted by Crippen LogP contribution is 2.26. The fourth-order valence-electron chi connectivity index (χ4n) is 2.49. The van der Waals surface area contributed by atoms with Crippen LogP contribution in [-0.2, 0) is 16.2 Å². The highest BCUT2D eigenvalue weighted by Gasteiger charge is 2.13. The van der Waals surface area contributed by atoms with Crippen LogP contribution in [-0.4, -0.2) is 18.0 Å². The minimum absolute atomic E-state index is 0.170. The molecule has 0 saturated carbocycles. The van der Waals surface area contributed by atoms with Crippen molar-refractivity contribution in [1.29, 1.82) is 0 Å². The summed E-state index contributed by atoms with van der Waals surface area (Å²) in [6.45, 7) is 0.170. The van der Waals surface area contributed by atoms with Crippen molar-refractivity contribution in [2.45, 2.75) is 6.61 Å². The van der Waals surface area contributed by atoms with E-state index in [9.17, 15) is 14.0 Å². The molecule has 3 rings (SSSR count). The predicted molar refractivity (Wildman–Crippen MR) is 123 cm³/mol. The summed E-state index contributed by atoms with van der Waals surface area (Å²) in [7, 11) is 0. The van der Waals surface area contributed by atoms with Gasteiger partial charge in [-0.3, -0.25) is 9.59 Å². The van der Waals surface area contributed by atoms with Gasteiger partial charge in [-0.15, -0.1) is 0 Å². The molecule has 6 nitrogen and oxygen atoms in total. The molecule has 32 heavy (non-hydrogen) atoms. The van der Waals surface area contributed by atoms with Crippen molar-refractivity contribution in [1.82, 2.24) is 5.43 Å². The highest BCUT2D eigenvalue weighted by atomic mass is 35.5. The third kappa shape index (κ3) is 6.43. The average molecular weight is 495 g/mol. The van der Waals surface area contributed by atoms with Crippen LogP contribution in [0.25, 0.3) is 0 Å². The molecule has 0 aliphatic rings. The zero-order chi connectivity index (χ0) is 23.1. The lowest BCUT2D eigenvalue weighted by Crippen LogP contribution is -2.32. The Hall–Kier alpha value is -3.13. The number of carbonyl (C=O) groups excluding carboxylic acids is 2. The van der Waals surface area contributed by atoms with Gasteiger partial charge < -0.3 is 10.1 Å². The van der Waals surface area contributed by atoms with Crippen LogP contribution >= 0.6 is 34.8 Å². The van der Waals surface area contributed by atoms with Gasteiger partial charge in [-0.1, -0.05) is 53.0 Å². The maximum atomic E-state index is 13.2. The van der Waals surface area contributed by atoms with E-state index in [-0.39, 0.29) is 17.3 Å². The zero-order valence-corrected chi connectivity index (χ0v) is 18.5. The van der Waals surface area contributed by atoms with Crippen LogP contribution in [0.15, 0.2) is 65.8 Å². The molecule has 0 aliphatic carbocycles. The number of benzene rings is 3. The van der Waals surface area contributed by atoms with Gasteiger partial charge in [-0.05, 0) is 48.0 Å². The van der Waals surface area contributed by atoms with Crippen LogP contribution in [0.3, 0.4) is 0 Å². The van der Waals surface area contributed by atoms with Crippen molar-refractivity contribution < 1.29 is 18.7 Å². The number of nitrogens with one attached hydrogen (secondary N) is 2. The van der Waals surface area contributed by atoms with E-state index in [2.05, 4.69) is 15.8 Å². The Morgan fingerprint density at radius 1 is 0.938 bits per heavy atom. The average Bonchev–Trinajstić information content (AvgIpc) is 2.76. The van der Waals surface area contributed by atoms with Gasteiger partial charge in [-0.2, -0.15) is 5.10 Å². The van der Waals surface area contributed by atoms with Crippen LogP contribution in [0.2, 0.25) is 15.1 Å². The molecule has 3 aromatic carbocycles. The molecule has 0 saturated heterocycles. The topological polar surface area (TPSA) is 79.8 Å². The summed E-state index contributed by atoms with van der Waals surface area (Å²) < 4.78 is 18.9. The smallest absolute Gasteiger partial charge is 0.329 e. The molecule has 3 aromatic rings. The Bertz CT molecular complexity index is 1170. The quantitative estimate of drug-likeness (QED) is 0.271. The van der Waals surface area contributed by atoms with Crippen molar-refractivity contribution in [3.8, 4) is 5.75 Å². The molecule has 0 unspecified atom stereocenters. The first-order chi connectivity index (χ1) is 15.3. The highest BCUT2D eigenvalue weighted by molar-refractivity contribution is 6.40. The molecule has 0 atom stereocenters. The zero-order valence-electron chi connectivity index (χ0n) is 16.2. The van der Waals surface area contributed by atoms with Crippen LogP contribution in [0.4, 0.5) is 10.1 Å². The summed E-state index contributed by atoms with van der Waals surface area (Å²) in [6, 6.07) is 15.6. The number of amides is 2. The molecular weight excluding hydrogens is 480 g/mol. The number of hydrogen-bond donors (Lipinski definition) is 2. The van der Waals surface area contributed by atoms with Crippen molar-refractivity contribution in [2.75, 3.05) is 5.32 Å². The van der Waals surface area contributed by atoms with E-state index >= 15 is 0 Å². The molecule has 0 spiro atoms. The van der Waals surface area contributed by atoms with E-state index in [1.165, 1.54) is 18.3 Å². The SMILES string of the molecule is O=C(NN=Cc1cccc(OCc2c(Cl)cccc2Cl)c1)C(=O)Nc1ccc(F)c(Cl)c1. The van der Waals surface area contributed by atoms with Crippen molar-refractivity contribution in [3.63, 3.8) is 0 Å². The Labute approximate surface area is 197 Å². The molecule has 164 valence electrons. The summed E-state index contributed by atoms with van der Waals surface area (Å²) >= 11 is 17.9. The number of hydrazone groups is 1. The maximum Gasteiger partial charge on any atom is 0.329 e. The number of carbonyl (C=O) groups is 2. The lowest BCUT2D eigenvalue weighted by molar-refractivity contribution is -0.136. The molecule has 2 amide bonds. The van der Waals surface area contributed by atoms with Gasteiger partial charge in [0.2, 0.25) is 0 Å². The second-order valence-corrected chi connectivity index (χ2v) is 7.57. The lowest BCUT2D eigenvalue weighted by Gasteiger charge is -2.09. The number of anilines is 1. The standard InChI is InChI=1S/C22H15Cl3FN3O3/c23-17-5-2-6-18(24)16(17)12-32-15-4-1-3-13(9-15)11-27-29-22(31)21(30)28-14-7-8-20(26)19(25)10-14/h1-11H,12H2,(H,28,30)(H,29,31). The first-order valence-corrected chi connectivity index (χ1v) is 10.2. The molecule has 0 aromatic heterocycles. The number of nitrogens with zero attached hydrogens (tertiary/aromatic N) is 1. The fourth-order valence-corrected chi connectivity index (χ4v) is 3.18. The van der Waals surface area contributed by atoms with Crippen molar-refractivity contribution in [2.24, 2.45) is 5.10 Å². The van der Waals surface area contributed by atoms with Crippen LogP contribution < -0.4 is 15.5 Å². The fraction of sp³-hybridized carbons (Fsp3) is 0.0455. The first kappa shape index (κ1) is 23.5. The predicted octanol–water partition coefficient (Wildman–Crippen LogP) is 5.45. The monoisotopic (exact) mass is 493 g/mol. The normalized spacial score (nSPS) is 10.8. The molecule has 0 aliphatic heterocycles. The van der Waals surface area contributed by atoms with Crippen LogP contribution in [0.1, 0.15) is 11.1 Å². The Balaban J connectivity index is 1.55. The molecule has 0 bridgehead atoms. The third-order valence-corrected chi connectivity index (χ3v) is 5.06. The van der Waals surface area contributed by atoms with Gasteiger partial charge in [0.05, 0.1) is 11.2 Å². The van der Waals surface area contributed by atoms with E-state index in [0.717, 1.165) is 6.07 Å². The Morgan fingerprint density at radius 3 is 2.38 bits per heavy atom. The van der Waals surface area contributed by atoms with Crippen molar-refractivity contribution in [3.05, 3.63) is 92.7 Å². The van der Waals surface area contributed by atoms with Crippen molar-refractivity contribution >= 4 is 58.5 Å². The summed E-state index contributed by atoms with van der Waals surface area (Å²) in [4.78, 5) is 23.8. The summed E-state index contributed by atoms with van der Waals surface area (Å²) in [6.07, 6.45) is 1.34. The molecule has 0 heterocycles. The number of halogens is 4. The minimum Gasteiger partial charge on any atom is -0.489 e.